The highest BCUT2D eigenvalue weighted by molar-refractivity contribution is 7.89. The monoisotopic (exact) mass is 364 g/mol. The number of aryl methyl sites for hydroxylation is 1. The molecule has 24 heavy (non-hydrogen) atoms. The smallest absolute Gasteiger partial charge is 0.241 e. The lowest BCUT2D eigenvalue weighted by molar-refractivity contribution is -0.116. The van der Waals surface area contributed by atoms with Gasteiger partial charge in [0, 0.05) is 23.2 Å². The summed E-state index contributed by atoms with van der Waals surface area (Å²) in [6.45, 7) is 1.75. The molecule has 1 aliphatic heterocycles. The molecule has 0 unspecified atom stereocenters. The van der Waals surface area contributed by atoms with Crippen molar-refractivity contribution in [1.29, 1.82) is 0 Å². The van der Waals surface area contributed by atoms with Crippen LogP contribution in [-0.4, -0.2) is 14.3 Å². The fourth-order valence-corrected chi connectivity index (χ4v) is 4.29. The van der Waals surface area contributed by atoms with Crippen molar-refractivity contribution in [2.24, 2.45) is 0 Å². The molecule has 0 aliphatic carbocycles. The van der Waals surface area contributed by atoms with Gasteiger partial charge in [0.05, 0.1) is 4.90 Å². The third kappa shape index (κ3) is 3.45. The van der Waals surface area contributed by atoms with Crippen molar-refractivity contribution < 1.29 is 13.2 Å². The predicted octanol–water partition coefficient (Wildman–Crippen LogP) is 3.26. The number of benzene rings is 2. The zero-order valence-electron chi connectivity index (χ0n) is 13.0. The average molecular weight is 365 g/mol. The number of rotatable bonds is 4. The maximum atomic E-state index is 12.6. The first-order chi connectivity index (χ1) is 11.4. The zero-order chi connectivity index (χ0) is 17.3. The SMILES string of the molecule is C[C@H](NS(=O)(=O)c1ccc2c(c1)CCC(=O)N2)c1ccccc1Cl. The molecule has 0 radical (unpaired) electrons. The number of carbonyl (C=O) groups excluding carboxylic acids is 1. The van der Waals surface area contributed by atoms with Gasteiger partial charge in [0.2, 0.25) is 15.9 Å². The normalized spacial score (nSPS) is 15.5. The Bertz CT molecular complexity index is 896. The molecule has 2 aromatic carbocycles. The lowest BCUT2D eigenvalue weighted by Crippen LogP contribution is -2.27. The molecule has 0 bridgehead atoms. The number of fused-ring (bicyclic) bond motifs is 1. The molecule has 1 aliphatic rings. The van der Waals surface area contributed by atoms with Gasteiger partial charge in [-0.1, -0.05) is 29.8 Å². The highest BCUT2D eigenvalue weighted by Crippen LogP contribution is 2.27. The summed E-state index contributed by atoms with van der Waals surface area (Å²) in [5.74, 6) is -0.0522. The van der Waals surface area contributed by atoms with Crippen LogP contribution < -0.4 is 10.0 Å². The molecule has 0 aromatic heterocycles. The van der Waals surface area contributed by atoms with E-state index in [2.05, 4.69) is 10.0 Å². The van der Waals surface area contributed by atoms with Crippen LogP contribution in [0.2, 0.25) is 5.02 Å². The van der Waals surface area contributed by atoms with E-state index in [1.165, 1.54) is 6.07 Å². The fourth-order valence-electron chi connectivity index (χ4n) is 2.72. The molecule has 1 amide bonds. The van der Waals surface area contributed by atoms with Gasteiger partial charge in [-0.2, -0.15) is 0 Å². The quantitative estimate of drug-likeness (QED) is 0.874. The first kappa shape index (κ1) is 17.0. The van der Waals surface area contributed by atoms with Gasteiger partial charge in [-0.25, -0.2) is 13.1 Å². The third-order valence-corrected chi connectivity index (χ3v) is 5.87. The Labute approximate surface area is 146 Å². The molecule has 5 nitrogen and oxygen atoms in total. The van der Waals surface area contributed by atoms with Gasteiger partial charge in [-0.05, 0) is 48.7 Å². The Morgan fingerprint density at radius 3 is 2.67 bits per heavy atom. The lowest BCUT2D eigenvalue weighted by Gasteiger charge is -2.19. The van der Waals surface area contributed by atoms with Crippen molar-refractivity contribution >= 4 is 33.2 Å². The number of carbonyl (C=O) groups is 1. The second-order valence-electron chi connectivity index (χ2n) is 5.73. The maximum absolute atomic E-state index is 12.6. The minimum atomic E-state index is -3.69. The Hall–Kier alpha value is -1.89. The van der Waals surface area contributed by atoms with Crippen molar-refractivity contribution in [2.75, 3.05) is 5.32 Å². The molecule has 0 spiro atoms. The van der Waals surface area contributed by atoms with E-state index in [-0.39, 0.29) is 10.8 Å². The van der Waals surface area contributed by atoms with E-state index in [0.717, 1.165) is 5.56 Å². The number of hydrogen-bond acceptors (Lipinski definition) is 3. The van der Waals surface area contributed by atoms with Crippen molar-refractivity contribution in [1.82, 2.24) is 4.72 Å². The van der Waals surface area contributed by atoms with Crippen molar-refractivity contribution in [2.45, 2.75) is 30.7 Å². The van der Waals surface area contributed by atoms with Crippen LogP contribution in [0.25, 0.3) is 0 Å². The predicted molar refractivity (Wildman–Crippen MR) is 93.6 cm³/mol. The van der Waals surface area contributed by atoms with Crippen LogP contribution in [0.15, 0.2) is 47.4 Å². The minimum absolute atomic E-state index is 0.0522. The number of hydrogen-bond donors (Lipinski definition) is 2. The average Bonchev–Trinajstić information content (AvgIpc) is 2.54. The molecule has 0 saturated carbocycles. The molecule has 2 N–H and O–H groups in total. The van der Waals surface area contributed by atoms with Gasteiger partial charge in [0.15, 0.2) is 0 Å². The summed E-state index contributed by atoms with van der Waals surface area (Å²) < 4.78 is 27.9. The topological polar surface area (TPSA) is 75.3 Å². The third-order valence-electron chi connectivity index (χ3n) is 3.99. The highest BCUT2D eigenvalue weighted by Gasteiger charge is 2.22. The zero-order valence-corrected chi connectivity index (χ0v) is 14.6. The summed E-state index contributed by atoms with van der Waals surface area (Å²) in [5, 5.41) is 3.26. The summed E-state index contributed by atoms with van der Waals surface area (Å²) in [6.07, 6.45) is 0.893. The number of nitrogens with one attached hydrogen (secondary N) is 2. The molecule has 2 aromatic rings. The molecule has 3 rings (SSSR count). The Balaban J connectivity index is 1.86. The van der Waals surface area contributed by atoms with E-state index >= 15 is 0 Å². The molecule has 0 fully saturated rings. The van der Waals surface area contributed by atoms with Gasteiger partial charge < -0.3 is 5.32 Å². The van der Waals surface area contributed by atoms with Crippen LogP contribution >= 0.6 is 11.6 Å². The maximum Gasteiger partial charge on any atom is 0.241 e. The first-order valence-electron chi connectivity index (χ1n) is 7.56. The van der Waals surface area contributed by atoms with E-state index < -0.39 is 16.1 Å². The summed E-state index contributed by atoms with van der Waals surface area (Å²) in [4.78, 5) is 11.6. The summed E-state index contributed by atoms with van der Waals surface area (Å²) >= 11 is 6.13. The van der Waals surface area contributed by atoms with Crippen molar-refractivity contribution in [3.05, 3.63) is 58.6 Å². The van der Waals surface area contributed by atoms with Gasteiger partial charge in [-0.15, -0.1) is 0 Å². The lowest BCUT2D eigenvalue weighted by atomic mass is 10.0. The van der Waals surface area contributed by atoms with Crippen LogP contribution in [0, 0.1) is 0 Å². The number of halogens is 1. The number of sulfonamides is 1. The largest absolute Gasteiger partial charge is 0.326 e. The number of anilines is 1. The molecule has 1 heterocycles. The fraction of sp³-hybridized carbons (Fsp3) is 0.235. The van der Waals surface area contributed by atoms with Crippen LogP contribution in [0.3, 0.4) is 0 Å². The van der Waals surface area contributed by atoms with Gasteiger partial charge >= 0.3 is 0 Å². The van der Waals surface area contributed by atoms with Crippen LogP contribution in [0.4, 0.5) is 5.69 Å². The second kappa shape index (κ2) is 6.55. The molecule has 0 saturated heterocycles. The second-order valence-corrected chi connectivity index (χ2v) is 7.85. The molecule has 126 valence electrons. The molecule has 1 atom stereocenters. The van der Waals surface area contributed by atoms with E-state index in [0.29, 0.717) is 29.1 Å². The van der Waals surface area contributed by atoms with Crippen LogP contribution in [0.5, 0.6) is 0 Å². The van der Waals surface area contributed by atoms with Gasteiger partial charge in [-0.3, -0.25) is 4.79 Å². The summed E-state index contributed by atoms with van der Waals surface area (Å²) in [6, 6.07) is 11.4. The Kier molecular flexibility index (Phi) is 4.62. The molecular weight excluding hydrogens is 348 g/mol. The summed E-state index contributed by atoms with van der Waals surface area (Å²) in [7, 11) is -3.69. The van der Waals surface area contributed by atoms with Gasteiger partial charge in [0.25, 0.3) is 0 Å². The minimum Gasteiger partial charge on any atom is -0.326 e. The first-order valence-corrected chi connectivity index (χ1v) is 9.42. The van der Waals surface area contributed by atoms with E-state index in [1.54, 1.807) is 37.3 Å². The van der Waals surface area contributed by atoms with Crippen molar-refractivity contribution in [3.8, 4) is 0 Å². The Morgan fingerprint density at radius 2 is 1.92 bits per heavy atom. The highest BCUT2D eigenvalue weighted by atomic mass is 35.5. The van der Waals surface area contributed by atoms with Crippen LogP contribution in [0.1, 0.15) is 30.5 Å². The Morgan fingerprint density at radius 1 is 1.17 bits per heavy atom. The standard InChI is InChI=1S/C17H17ClN2O3S/c1-11(14-4-2-3-5-15(14)18)20-24(22,23)13-7-8-16-12(10-13)6-9-17(21)19-16/h2-5,7-8,10-11,20H,6,9H2,1H3,(H,19,21)/t11-/m0/s1. The van der Waals surface area contributed by atoms with E-state index in [4.69, 9.17) is 11.6 Å². The molecule has 7 heteroatoms. The van der Waals surface area contributed by atoms with E-state index in [9.17, 15) is 13.2 Å². The van der Waals surface area contributed by atoms with E-state index in [1.807, 2.05) is 6.07 Å². The van der Waals surface area contributed by atoms with Gasteiger partial charge in [0.1, 0.15) is 0 Å². The summed E-state index contributed by atoms with van der Waals surface area (Å²) in [5.41, 5.74) is 2.21. The van der Waals surface area contributed by atoms with Crippen LogP contribution in [-0.2, 0) is 21.2 Å². The molecular formula is C17H17ClN2O3S. The van der Waals surface area contributed by atoms with Crippen molar-refractivity contribution in [3.63, 3.8) is 0 Å². The number of amides is 1.